The zero-order chi connectivity index (χ0) is 13.1. The minimum absolute atomic E-state index is 0.0381. The molecule has 0 radical (unpaired) electrons. The van der Waals surface area contributed by atoms with Crippen LogP contribution in [-0.4, -0.2) is 23.4 Å². The average molecular weight is 246 g/mol. The molecule has 18 heavy (non-hydrogen) atoms. The lowest BCUT2D eigenvalue weighted by atomic mass is 10.1. The van der Waals surface area contributed by atoms with E-state index in [0.717, 1.165) is 5.56 Å². The van der Waals surface area contributed by atoms with Gasteiger partial charge in [-0.2, -0.15) is 5.26 Å². The summed E-state index contributed by atoms with van der Waals surface area (Å²) < 4.78 is 12.8. The predicted octanol–water partition coefficient (Wildman–Crippen LogP) is 2.13. The molecular weight excluding hydrogens is 231 g/mol. The molecule has 0 aromatic heterocycles. The zero-order valence-electron chi connectivity index (χ0n) is 10.3. The number of halogens is 1. The molecule has 0 bridgehead atoms. The number of nitriles is 1. The number of nitrogens with zero attached hydrogens (tertiary/aromatic N) is 2. The van der Waals surface area contributed by atoms with Gasteiger partial charge in [-0.3, -0.25) is 4.79 Å². The van der Waals surface area contributed by atoms with E-state index >= 15 is 0 Å². The fourth-order valence-corrected chi connectivity index (χ4v) is 2.32. The highest BCUT2D eigenvalue weighted by atomic mass is 19.1. The molecule has 1 aliphatic rings. The van der Waals surface area contributed by atoms with Crippen LogP contribution in [0.25, 0.3) is 0 Å². The van der Waals surface area contributed by atoms with Crippen LogP contribution < -0.4 is 0 Å². The summed E-state index contributed by atoms with van der Waals surface area (Å²) in [6.45, 7) is 2.47. The van der Waals surface area contributed by atoms with Crippen molar-refractivity contribution in [2.24, 2.45) is 5.92 Å². The second-order valence-electron chi connectivity index (χ2n) is 4.76. The number of benzene rings is 1. The number of likely N-dealkylation sites (tertiary alicyclic amines) is 1. The molecule has 3 nitrogen and oxygen atoms in total. The summed E-state index contributed by atoms with van der Waals surface area (Å²) in [6, 6.07) is 8.49. The third-order valence-corrected chi connectivity index (χ3v) is 3.32. The van der Waals surface area contributed by atoms with Crippen molar-refractivity contribution in [1.29, 1.82) is 5.26 Å². The van der Waals surface area contributed by atoms with Crippen LogP contribution >= 0.6 is 0 Å². The second-order valence-corrected chi connectivity index (χ2v) is 4.76. The van der Waals surface area contributed by atoms with Crippen molar-refractivity contribution in [3.8, 4) is 6.07 Å². The molecule has 0 aliphatic carbocycles. The Kier molecular flexibility index (Phi) is 3.61. The fourth-order valence-electron chi connectivity index (χ4n) is 2.32. The van der Waals surface area contributed by atoms with E-state index in [-0.39, 0.29) is 23.7 Å². The Morgan fingerprint density at radius 3 is 2.72 bits per heavy atom. The molecule has 1 fully saturated rings. The fraction of sp³-hybridized carbons (Fsp3) is 0.429. The summed E-state index contributed by atoms with van der Waals surface area (Å²) in [5, 5.41) is 8.83. The first-order valence-corrected chi connectivity index (χ1v) is 6.03. The van der Waals surface area contributed by atoms with Crippen LogP contribution in [0.5, 0.6) is 0 Å². The van der Waals surface area contributed by atoms with Crippen molar-refractivity contribution in [3.05, 3.63) is 35.6 Å². The Bertz CT molecular complexity index is 478. The number of carbonyl (C=O) groups is 1. The molecule has 0 saturated carbocycles. The maximum atomic E-state index is 12.8. The molecule has 1 amide bonds. The Morgan fingerprint density at radius 1 is 1.50 bits per heavy atom. The third kappa shape index (κ3) is 2.67. The van der Waals surface area contributed by atoms with Crippen LogP contribution in [0.1, 0.15) is 18.9 Å². The standard InChI is InChI=1S/C14H15FN2O/c1-10(6-11-2-4-13(15)5-3-11)17-9-12(8-16)7-14(17)18/h2-5,10,12H,6-7,9H2,1H3. The summed E-state index contributed by atoms with van der Waals surface area (Å²) in [5.74, 6) is -0.405. The largest absolute Gasteiger partial charge is 0.338 e. The molecule has 1 aromatic rings. The van der Waals surface area contributed by atoms with Crippen LogP contribution in [0, 0.1) is 23.1 Å². The lowest BCUT2D eigenvalue weighted by molar-refractivity contribution is -0.129. The van der Waals surface area contributed by atoms with Crippen molar-refractivity contribution < 1.29 is 9.18 Å². The Morgan fingerprint density at radius 2 is 2.17 bits per heavy atom. The molecule has 2 atom stereocenters. The predicted molar refractivity (Wildman–Crippen MR) is 65.0 cm³/mol. The Hall–Kier alpha value is -1.89. The highest BCUT2D eigenvalue weighted by Gasteiger charge is 2.32. The average Bonchev–Trinajstić information content (AvgIpc) is 2.73. The molecule has 1 heterocycles. The highest BCUT2D eigenvalue weighted by molar-refractivity contribution is 5.79. The van der Waals surface area contributed by atoms with E-state index in [1.54, 1.807) is 17.0 Å². The number of amides is 1. The highest BCUT2D eigenvalue weighted by Crippen LogP contribution is 2.21. The summed E-state index contributed by atoms with van der Waals surface area (Å²) in [5.41, 5.74) is 0.997. The molecule has 1 saturated heterocycles. The van der Waals surface area contributed by atoms with Crippen LogP contribution in [0.4, 0.5) is 4.39 Å². The van der Waals surface area contributed by atoms with Crippen molar-refractivity contribution in [2.75, 3.05) is 6.54 Å². The minimum Gasteiger partial charge on any atom is -0.338 e. The smallest absolute Gasteiger partial charge is 0.224 e. The molecule has 4 heteroatoms. The first-order valence-electron chi connectivity index (χ1n) is 6.03. The van der Waals surface area contributed by atoms with E-state index in [1.165, 1.54) is 12.1 Å². The van der Waals surface area contributed by atoms with E-state index in [2.05, 4.69) is 6.07 Å². The number of rotatable bonds is 3. The van der Waals surface area contributed by atoms with Gasteiger partial charge in [-0.15, -0.1) is 0 Å². The lowest BCUT2D eigenvalue weighted by Crippen LogP contribution is -2.35. The number of hydrogen-bond donors (Lipinski definition) is 0. The number of hydrogen-bond acceptors (Lipinski definition) is 2. The van der Waals surface area contributed by atoms with Gasteiger partial charge in [0.2, 0.25) is 5.91 Å². The summed E-state index contributed by atoms with van der Waals surface area (Å²) in [7, 11) is 0. The number of carbonyl (C=O) groups excluding carboxylic acids is 1. The van der Waals surface area contributed by atoms with Gasteiger partial charge < -0.3 is 4.90 Å². The van der Waals surface area contributed by atoms with Crippen molar-refractivity contribution in [3.63, 3.8) is 0 Å². The van der Waals surface area contributed by atoms with Gasteiger partial charge >= 0.3 is 0 Å². The lowest BCUT2D eigenvalue weighted by Gasteiger charge is -2.24. The second kappa shape index (κ2) is 5.18. The monoisotopic (exact) mass is 246 g/mol. The van der Waals surface area contributed by atoms with Gasteiger partial charge in [0.1, 0.15) is 5.82 Å². The van der Waals surface area contributed by atoms with Gasteiger partial charge in [0.25, 0.3) is 0 Å². The quantitative estimate of drug-likeness (QED) is 0.820. The zero-order valence-corrected chi connectivity index (χ0v) is 10.3. The molecule has 94 valence electrons. The van der Waals surface area contributed by atoms with E-state index in [4.69, 9.17) is 5.26 Å². The SMILES string of the molecule is CC(Cc1ccc(F)cc1)N1CC(C#N)CC1=O. The topological polar surface area (TPSA) is 44.1 Å². The van der Waals surface area contributed by atoms with Crippen molar-refractivity contribution >= 4 is 5.91 Å². The maximum absolute atomic E-state index is 12.8. The summed E-state index contributed by atoms with van der Waals surface area (Å²) in [4.78, 5) is 13.5. The molecule has 0 N–H and O–H groups in total. The normalized spacial score (nSPS) is 20.8. The molecule has 1 aliphatic heterocycles. The Balaban J connectivity index is 2.00. The van der Waals surface area contributed by atoms with Crippen molar-refractivity contribution in [2.45, 2.75) is 25.8 Å². The summed E-state index contributed by atoms with van der Waals surface area (Å²) >= 11 is 0. The molecular formula is C14H15FN2O. The minimum atomic E-state index is -0.256. The molecule has 2 unspecified atom stereocenters. The van der Waals surface area contributed by atoms with Gasteiger partial charge in [0, 0.05) is 19.0 Å². The van der Waals surface area contributed by atoms with E-state index in [1.807, 2.05) is 6.92 Å². The first kappa shape index (κ1) is 12.6. The summed E-state index contributed by atoms with van der Waals surface area (Å²) in [6.07, 6.45) is 1.01. The molecule has 1 aromatic carbocycles. The van der Waals surface area contributed by atoms with Crippen LogP contribution in [0.15, 0.2) is 24.3 Å². The van der Waals surface area contributed by atoms with Crippen molar-refractivity contribution in [1.82, 2.24) is 4.90 Å². The van der Waals surface area contributed by atoms with Gasteiger partial charge in [-0.25, -0.2) is 4.39 Å². The van der Waals surface area contributed by atoms with Crippen LogP contribution in [0.2, 0.25) is 0 Å². The van der Waals surface area contributed by atoms with Crippen LogP contribution in [-0.2, 0) is 11.2 Å². The first-order chi connectivity index (χ1) is 8.60. The molecule has 2 rings (SSSR count). The third-order valence-electron chi connectivity index (χ3n) is 3.32. The van der Waals surface area contributed by atoms with Gasteiger partial charge in [-0.05, 0) is 31.0 Å². The molecule has 0 spiro atoms. The van der Waals surface area contributed by atoms with E-state index in [0.29, 0.717) is 19.4 Å². The van der Waals surface area contributed by atoms with Crippen LogP contribution in [0.3, 0.4) is 0 Å². The maximum Gasteiger partial charge on any atom is 0.224 e. The van der Waals surface area contributed by atoms with E-state index < -0.39 is 0 Å². The van der Waals surface area contributed by atoms with Gasteiger partial charge in [0.15, 0.2) is 0 Å². The van der Waals surface area contributed by atoms with Gasteiger partial charge in [-0.1, -0.05) is 12.1 Å². The van der Waals surface area contributed by atoms with E-state index in [9.17, 15) is 9.18 Å². The van der Waals surface area contributed by atoms with Gasteiger partial charge in [0.05, 0.1) is 12.0 Å². The Labute approximate surface area is 106 Å².